The predicted molar refractivity (Wildman–Crippen MR) is 224 cm³/mol. The van der Waals surface area contributed by atoms with Crippen LogP contribution < -0.4 is 0 Å². The van der Waals surface area contributed by atoms with Gasteiger partial charge in [0, 0.05) is 12.8 Å². The van der Waals surface area contributed by atoms with Crippen molar-refractivity contribution in [3.8, 4) is 0 Å². The Morgan fingerprint density at radius 2 is 0.944 bits per heavy atom. The molecule has 0 amide bonds. The highest BCUT2D eigenvalue weighted by Crippen LogP contribution is 2.43. The van der Waals surface area contributed by atoms with E-state index < -0.39 is 26.5 Å². The number of nitrogens with zero attached hydrogens (tertiary/aromatic N) is 1. The number of hydrogen-bond acceptors (Lipinski definition) is 7. The summed E-state index contributed by atoms with van der Waals surface area (Å²) in [5.41, 5.74) is 0. The summed E-state index contributed by atoms with van der Waals surface area (Å²) >= 11 is 0. The van der Waals surface area contributed by atoms with Gasteiger partial charge in [0.15, 0.2) is 6.10 Å². The van der Waals surface area contributed by atoms with Crippen molar-refractivity contribution in [2.75, 3.05) is 47.5 Å². The number of allylic oxidation sites excluding steroid dienone is 4. The Balaban J connectivity index is 4.36. The third-order valence-electron chi connectivity index (χ3n) is 9.45. The molecule has 0 heterocycles. The summed E-state index contributed by atoms with van der Waals surface area (Å²) in [6, 6.07) is 0. The molecule has 1 unspecified atom stereocenters. The molecule has 0 fully saturated rings. The van der Waals surface area contributed by atoms with Gasteiger partial charge in [-0.25, -0.2) is 4.57 Å². The van der Waals surface area contributed by atoms with Gasteiger partial charge < -0.3 is 18.9 Å². The van der Waals surface area contributed by atoms with Gasteiger partial charge >= 0.3 is 19.8 Å². The molecular formula is C44H85NO8P+. The zero-order valence-corrected chi connectivity index (χ0v) is 36.6. The molecule has 318 valence electrons. The number of likely N-dealkylation sites (N-methyl/N-ethyl adjacent to an activating group) is 1. The van der Waals surface area contributed by atoms with Crippen LogP contribution in [0.3, 0.4) is 0 Å². The van der Waals surface area contributed by atoms with E-state index in [-0.39, 0.29) is 32.0 Å². The fourth-order valence-electron chi connectivity index (χ4n) is 5.94. The molecule has 0 rings (SSSR count). The number of phosphoric acid groups is 1. The minimum absolute atomic E-state index is 0.0307. The number of rotatable bonds is 40. The Morgan fingerprint density at radius 3 is 1.39 bits per heavy atom. The van der Waals surface area contributed by atoms with Crippen molar-refractivity contribution in [2.24, 2.45) is 0 Å². The number of esters is 2. The molecule has 0 aliphatic rings. The van der Waals surface area contributed by atoms with E-state index in [1.165, 1.54) is 96.3 Å². The monoisotopic (exact) mass is 787 g/mol. The Morgan fingerprint density at radius 1 is 0.556 bits per heavy atom. The molecule has 9 nitrogen and oxygen atoms in total. The lowest BCUT2D eigenvalue weighted by molar-refractivity contribution is -0.870. The van der Waals surface area contributed by atoms with Gasteiger partial charge in [-0.2, -0.15) is 0 Å². The number of hydrogen-bond donors (Lipinski definition) is 1. The molecule has 0 saturated heterocycles. The first-order chi connectivity index (χ1) is 26.0. The van der Waals surface area contributed by atoms with Crippen molar-refractivity contribution >= 4 is 19.8 Å². The van der Waals surface area contributed by atoms with Crippen LogP contribution in [0.5, 0.6) is 0 Å². The number of ether oxygens (including phenoxy) is 2. The van der Waals surface area contributed by atoms with E-state index in [4.69, 9.17) is 18.5 Å². The third-order valence-corrected chi connectivity index (χ3v) is 10.4. The van der Waals surface area contributed by atoms with Gasteiger partial charge in [-0.05, 0) is 64.2 Å². The Hall–Kier alpha value is -1.51. The second-order valence-corrected chi connectivity index (χ2v) is 17.5. The maximum atomic E-state index is 12.7. The van der Waals surface area contributed by atoms with Crippen LogP contribution in [0.2, 0.25) is 0 Å². The van der Waals surface area contributed by atoms with Gasteiger partial charge in [-0.1, -0.05) is 141 Å². The molecule has 0 aliphatic heterocycles. The van der Waals surface area contributed by atoms with Crippen molar-refractivity contribution in [1.82, 2.24) is 0 Å². The van der Waals surface area contributed by atoms with Crippen LogP contribution in [0.25, 0.3) is 0 Å². The van der Waals surface area contributed by atoms with E-state index in [0.29, 0.717) is 17.4 Å². The summed E-state index contributed by atoms with van der Waals surface area (Å²) in [5.74, 6) is -0.810. The molecule has 54 heavy (non-hydrogen) atoms. The highest BCUT2D eigenvalue weighted by atomic mass is 31.2. The summed E-state index contributed by atoms with van der Waals surface area (Å²) in [4.78, 5) is 35.3. The van der Waals surface area contributed by atoms with E-state index in [0.717, 1.165) is 64.2 Å². The van der Waals surface area contributed by atoms with Crippen molar-refractivity contribution in [3.63, 3.8) is 0 Å². The molecule has 0 radical (unpaired) electrons. The SMILES string of the molecule is CCCCCC/C=C/CCCCCCCC(=O)OC[C@H](COP(=O)(O)OCC[N+](C)(C)C)OC(=O)CCCCCCCCC/C=C/CCCCCCCC. The molecule has 0 aromatic carbocycles. The molecule has 10 heteroatoms. The molecule has 0 saturated carbocycles. The lowest BCUT2D eigenvalue weighted by Gasteiger charge is -2.24. The van der Waals surface area contributed by atoms with Crippen molar-refractivity contribution in [1.29, 1.82) is 0 Å². The van der Waals surface area contributed by atoms with Gasteiger partial charge in [0.05, 0.1) is 27.7 Å². The second-order valence-electron chi connectivity index (χ2n) is 16.1. The summed E-state index contributed by atoms with van der Waals surface area (Å²) in [6.07, 6.45) is 39.3. The summed E-state index contributed by atoms with van der Waals surface area (Å²) < 4.78 is 34.3. The minimum atomic E-state index is -4.37. The van der Waals surface area contributed by atoms with E-state index in [9.17, 15) is 19.0 Å². The Kier molecular flexibility index (Phi) is 36.1. The van der Waals surface area contributed by atoms with Crippen molar-refractivity contribution in [2.45, 2.75) is 200 Å². The summed E-state index contributed by atoms with van der Waals surface area (Å²) in [7, 11) is 1.47. The molecule has 0 spiro atoms. The van der Waals surface area contributed by atoms with E-state index in [1.807, 2.05) is 21.1 Å². The fraction of sp³-hybridized carbons (Fsp3) is 0.864. The average molecular weight is 787 g/mol. The highest BCUT2D eigenvalue weighted by molar-refractivity contribution is 7.47. The summed E-state index contributed by atoms with van der Waals surface area (Å²) in [5, 5.41) is 0. The molecule has 0 aromatic heterocycles. The quantitative estimate of drug-likeness (QED) is 0.0215. The van der Waals surface area contributed by atoms with Crippen LogP contribution in [0.4, 0.5) is 0 Å². The zero-order chi connectivity index (χ0) is 40.0. The first-order valence-electron chi connectivity index (χ1n) is 22.1. The van der Waals surface area contributed by atoms with Crippen LogP contribution in [-0.4, -0.2) is 74.9 Å². The lowest BCUT2D eigenvalue weighted by atomic mass is 10.1. The molecule has 1 N–H and O–H groups in total. The molecule has 0 bridgehead atoms. The van der Waals surface area contributed by atoms with Gasteiger partial charge in [-0.15, -0.1) is 0 Å². The topological polar surface area (TPSA) is 108 Å². The Labute approximate surface area is 332 Å². The number of carbonyl (C=O) groups excluding carboxylic acids is 2. The average Bonchev–Trinajstić information content (AvgIpc) is 3.12. The lowest BCUT2D eigenvalue weighted by Crippen LogP contribution is -2.37. The maximum absolute atomic E-state index is 12.7. The normalized spacial score (nSPS) is 13.8. The van der Waals surface area contributed by atoms with Crippen molar-refractivity contribution in [3.05, 3.63) is 24.3 Å². The zero-order valence-electron chi connectivity index (χ0n) is 35.7. The van der Waals surface area contributed by atoms with E-state index in [1.54, 1.807) is 0 Å². The van der Waals surface area contributed by atoms with Crippen LogP contribution in [-0.2, 0) is 32.7 Å². The highest BCUT2D eigenvalue weighted by Gasteiger charge is 2.27. The van der Waals surface area contributed by atoms with Crippen molar-refractivity contribution < 1.29 is 42.1 Å². The Bertz CT molecular complexity index is 980. The van der Waals surface area contributed by atoms with Gasteiger partial charge in [0.1, 0.15) is 19.8 Å². The van der Waals surface area contributed by atoms with Gasteiger partial charge in [-0.3, -0.25) is 18.6 Å². The van der Waals surface area contributed by atoms with E-state index in [2.05, 4.69) is 38.2 Å². The number of phosphoric ester groups is 1. The van der Waals surface area contributed by atoms with Crippen LogP contribution in [0, 0.1) is 0 Å². The first kappa shape index (κ1) is 52.5. The van der Waals surface area contributed by atoms with Crippen LogP contribution in [0.1, 0.15) is 194 Å². The fourth-order valence-corrected chi connectivity index (χ4v) is 6.69. The maximum Gasteiger partial charge on any atom is 0.472 e. The smallest absolute Gasteiger partial charge is 0.462 e. The number of carbonyl (C=O) groups is 2. The molecular weight excluding hydrogens is 701 g/mol. The largest absolute Gasteiger partial charge is 0.472 e. The minimum Gasteiger partial charge on any atom is -0.462 e. The molecule has 0 aliphatic carbocycles. The van der Waals surface area contributed by atoms with Gasteiger partial charge in [0.25, 0.3) is 0 Å². The van der Waals surface area contributed by atoms with E-state index >= 15 is 0 Å². The standard InChI is InChI=1S/C44H84NO8P/c1-6-8-10-12-14-16-18-20-21-22-23-25-27-29-31-33-35-37-44(47)53-42(41-52-54(48,49)51-39-38-45(3,4)5)40-50-43(46)36-34-32-30-28-26-24-19-17-15-13-11-9-7-2/h17,19-21,42H,6-16,18,22-41H2,1-5H3/p+1/b19-17+,21-20+/t42-/m1/s1. The predicted octanol–water partition coefficient (Wildman–Crippen LogP) is 12.4. The molecule has 2 atom stereocenters. The molecule has 0 aromatic rings. The number of unbranched alkanes of at least 4 members (excludes halogenated alkanes) is 22. The first-order valence-corrected chi connectivity index (χ1v) is 23.6. The van der Waals surface area contributed by atoms with Crippen LogP contribution >= 0.6 is 7.82 Å². The summed E-state index contributed by atoms with van der Waals surface area (Å²) in [6.45, 7) is 4.39. The van der Waals surface area contributed by atoms with Gasteiger partial charge in [0.2, 0.25) is 0 Å². The third kappa shape index (κ3) is 40.2. The second kappa shape index (κ2) is 37.1. The van der Waals surface area contributed by atoms with Crippen LogP contribution in [0.15, 0.2) is 24.3 Å². The number of quaternary nitrogens is 1.